The normalized spacial score (nSPS) is 16.3. The summed E-state index contributed by atoms with van der Waals surface area (Å²) in [6, 6.07) is 11.8. The number of hydrogen-bond acceptors (Lipinski definition) is 3. The fraction of sp³-hybridized carbons (Fsp3) is 0.500. The third-order valence-corrected chi connectivity index (χ3v) is 7.06. The molecule has 2 aromatic carbocycles. The van der Waals surface area contributed by atoms with Crippen LogP contribution in [0.25, 0.3) is 0 Å². The van der Waals surface area contributed by atoms with Gasteiger partial charge in [0.2, 0.25) is 0 Å². The van der Waals surface area contributed by atoms with Crippen molar-refractivity contribution in [3.8, 4) is 11.5 Å². The SMILES string of the molecule is CC(C)(C)c1cc(C(C)(C)C)c(P2(=O)Oc3ccccc3O2)c(C(C)(C)C)c1. The number of benzene rings is 2. The first-order chi connectivity index (χ1) is 12.6. The molecule has 0 amide bonds. The maximum atomic E-state index is 14.1. The van der Waals surface area contributed by atoms with E-state index in [9.17, 15) is 4.57 Å². The molecule has 0 bridgehead atoms. The van der Waals surface area contributed by atoms with Crippen molar-refractivity contribution < 1.29 is 13.6 Å². The molecule has 3 nitrogen and oxygen atoms in total. The van der Waals surface area contributed by atoms with Crippen LogP contribution in [0, 0.1) is 0 Å². The van der Waals surface area contributed by atoms with Gasteiger partial charge in [-0.25, -0.2) is 4.57 Å². The lowest BCUT2D eigenvalue weighted by Crippen LogP contribution is -2.34. The molecule has 0 unspecified atom stereocenters. The van der Waals surface area contributed by atoms with Gasteiger partial charge in [-0.1, -0.05) is 86.6 Å². The smallest absolute Gasteiger partial charge is 0.409 e. The monoisotopic (exact) mass is 400 g/mol. The van der Waals surface area contributed by atoms with E-state index in [1.807, 2.05) is 24.3 Å². The van der Waals surface area contributed by atoms with Gasteiger partial charge in [-0.2, -0.15) is 0 Å². The van der Waals surface area contributed by atoms with E-state index in [1.165, 1.54) is 5.56 Å². The molecule has 2 aromatic rings. The van der Waals surface area contributed by atoms with Crippen LogP contribution in [0.4, 0.5) is 0 Å². The third kappa shape index (κ3) is 3.74. The van der Waals surface area contributed by atoms with Crippen LogP contribution in [0.3, 0.4) is 0 Å². The van der Waals surface area contributed by atoms with Crippen LogP contribution in [0.2, 0.25) is 0 Å². The van der Waals surface area contributed by atoms with Crippen LogP contribution >= 0.6 is 7.60 Å². The summed E-state index contributed by atoms with van der Waals surface area (Å²) in [5.74, 6) is 1.09. The van der Waals surface area contributed by atoms with Crippen LogP contribution < -0.4 is 14.4 Å². The summed E-state index contributed by atoms with van der Waals surface area (Å²) < 4.78 is 26.1. The van der Waals surface area contributed by atoms with Crippen molar-refractivity contribution in [2.24, 2.45) is 0 Å². The van der Waals surface area contributed by atoms with Gasteiger partial charge in [0.25, 0.3) is 0 Å². The van der Waals surface area contributed by atoms with Gasteiger partial charge in [-0.15, -0.1) is 0 Å². The Morgan fingerprint density at radius 3 is 1.39 bits per heavy atom. The van der Waals surface area contributed by atoms with Crippen molar-refractivity contribution in [2.45, 2.75) is 78.6 Å². The van der Waals surface area contributed by atoms with E-state index in [0.717, 1.165) is 16.4 Å². The van der Waals surface area contributed by atoms with Crippen molar-refractivity contribution >= 4 is 12.9 Å². The second-order valence-corrected chi connectivity index (χ2v) is 12.6. The molecule has 0 fully saturated rings. The van der Waals surface area contributed by atoms with Gasteiger partial charge in [-0.05, 0) is 45.1 Å². The largest absolute Gasteiger partial charge is 0.463 e. The van der Waals surface area contributed by atoms with Crippen LogP contribution in [0.1, 0.15) is 79.0 Å². The molecule has 1 heterocycles. The molecular weight excluding hydrogens is 367 g/mol. The maximum absolute atomic E-state index is 14.1. The van der Waals surface area contributed by atoms with Crippen LogP contribution in [0.5, 0.6) is 11.5 Å². The van der Waals surface area contributed by atoms with Crippen LogP contribution in [-0.4, -0.2) is 0 Å². The van der Waals surface area contributed by atoms with Gasteiger partial charge in [0.05, 0.1) is 5.30 Å². The fourth-order valence-corrected chi connectivity index (χ4v) is 5.91. The van der Waals surface area contributed by atoms with E-state index in [4.69, 9.17) is 9.05 Å². The highest BCUT2D eigenvalue weighted by Gasteiger charge is 2.46. The van der Waals surface area contributed by atoms with Crippen molar-refractivity contribution in [3.63, 3.8) is 0 Å². The van der Waals surface area contributed by atoms with Gasteiger partial charge in [0.1, 0.15) is 0 Å². The molecule has 1 aliphatic rings. The maximum Gasteiger partial charge on any atom is 0.463 e. The molecule has 152 valence electrons. The molecule has 0 saturated heterocycles. The minimum atomic E-state index is -3.54. The number of rotatable bonds is 1. The number of fused-ring (bicyclic) bond motifs is 1. The second-order valence-electron chi connectivity index (χ2n) is 10.8. The van der Waals surface area contributed by atoms with Gasteiger partial charge in [0.15, 0.2) is 11.5 Å². The average molecular weight is 400 g/mol. The molecule has 0 aliphatic carbocycles. The van der Waals surface area contributed by atoms with Crippen molar-refractivity contribution in [1.82, 2.24) is 0 Å². The zero-order valence-electron chi connectivity index (χ0n) is 18.6. The molecule has 0 N–H and O–H groups in total. The predicted molar refractivity (Wildman–Crippen MR) is 117 cm³/mol. The number of para-hydroxylation sites is 2. The molecule has 0 aromatic heterocycles. The summed E-state index contributed by atoms with van der Waals surface area (Å²) in [7, 11) is -3.54. The Morgan fingerprint density at radius 1 is 0.679 bits per heavy atom. The summed E-state index contributed by atoms with van der Waals surface area (Å²) in [4.78, 5) is 0. The highest BCUT2D eigenvalue weighted by Crippen LogP contribution is 2.59. The first-order valence-corrected chi connectivity index (χ1v) is 11.5. The van der Waals surface area contributed by atoms with Crippen molar-refractivity contribution in [1.29, 1.82) is 0 Å². The topological polar surface area (TPSA) is 35.5 Å². The molecule has 0 saturated carbocycles. The lowest BCUT2D eigenvalue weighted by Gasteiger charge is -2.34. The van der Waals surface area contributed by atoms with Crippen molar-refractivity contribution in [3.05, 3.63) is 53.1 Å². The lowest BCUT2D eigenvalue weighted by atomic mass is 9.75. The third-order valence-electron chi connectivity index (χ3n) is 5.15. The Morgan fingerprint density at radius 2 is 1.07 bits per heavy atom. The average Bonchev–Trinajstić information content (AvgIpc) is 2.88. The summed E-state index contributed by atoms with van der Waals surface area (Å²) >= 11 is 0. The molecule has 0 atom stereocenters. The van der Waals surface area contributed by atoms with Gasteiger partial charge in [0, 0.05) is 0 Å². The minimum Gasteiger partial charge on any atom is -0.409 e. The lowest BCUT2D eigenvalue weighted by molar-refractivity contribution is 0.441. The van der Waals surface area contributed by atoms with Crippen LogP contribution in [0.15, 0.2) is 36.4 Å². The molecule has 0 radical (unpaired) electrons. The van der Waals surface area contributed by atoms with E-state index in [0.29, 0.717) is 11.5 Å². The van der Waals surface area contributed by atoms with E-state index in [1.54, 1.807) is 0 Å². The Bertz CT molecular complexity index is 889. The Labute approximate surface area is 170 Å². The zero-order chi connectivity index (χ0) is 21.1. The predicted octanol–water partition coefficient (Wildman–Crippen LogP) is 6.87. The zero-order valence-corrected chi connectivity index (χ0v) is 19.5. The molecule has 28 heavy (non-hydrogen) atoms. The standard InChI is InChI=1S/C24H33O3P/c1-22(2,3)16-14-17(23(4,5)6)21(18(15-16)24(7,8)9)28(25)26-19-12-10-11-13-20(19)27-28/h10-15H,1-9H3. The highest BCUT2D eigenvalue weighted by atomic mass is 31.2. The van der Waals surface area contributed by atoms with Gasteiger partial charge in [-0.3, -0.25) is 0 Å². The quantitative estimate of drug-likeness (QED) is 0.490. The molecule has 1 aliphatic heterocycles. The Balaban J connectivity index is 2.36. The minimum absolute atomic E-state index is 0.0205. The van der Waals surface area contributed by atoms with Gasteiger partial charge >= 0.3 is 7.60 Å². The van der Waals surface area contributed by atoms with E-state index in [-0.39, 0.29) is 16.2 Å². The summed E-state index contributed by atoms with van der Waals surface area (Å²) in [6.45, 7) is 19.5. The van der Waals surface area contributed by atoms with Gasteiger partial charge < -0.3 is 9.05 Å². The summed E-state index contributed by atoms with van der Waals surface area (Å²) in [5, 5.41) is 0.719. The first kappa shape index (κ1) is 21.0. The molecular formula is C24H33O3P. The Kier molecular flexibility index (Phi) is 4.79. The fourth-order valence-electron chi connectivity index (χ4n) is 3.48. The first-order valence-electron chi connectivity index (χ1n) is 9.91. The highest BCUT2D eigenvalue weighted by molar-refractivity contribution is 7.63. The van der Waals surface area contributed by atoms with Crippen LogP contribution in [-0.2, 0) is 20.8 Å². The van der Waals surface area contributed by atoms with Crippen molar-refractivity contribution in [2.75, 3.05) is 0 Å². The molecule has 3 rings (SSSR count). The van der Waals surface area contributed by atoms with E-state index < -0.39 is 7.60 Å². The van der Waals surface area contributed by atoms with E-state index >= 15 is 0 Å². The second kappa shape index (κ2) is 6.39. The molecule has 4 heteroatoms. The summed E-state index contributed by atoms with van der Waals surface area (Å²) in [5.41, 5.74) is 2.84. The summed E-state index contributed by atoms with van der Waals surface area (Å²) in [6.07, 6.45) is 0. The molecule has 0 spiro atoms. The number of hydrogen-bond donors (Lipinski definition) is 0. The Hall–Kier alpha value is -1.73. The van der Waals surface area contributed by atoms with E-state index in [2.05, 4.69) is 74.4 Å².